The van der Waals surface area contributed by atoms with Crippen LogP contribution in [0.4, 0.5) is 5.69 Å². The van der Waals surface area contributed by atoms with Crippen molar-refractivity contribution in [1.82, 2.24) is 4.57 Å². The maximum atomic E-state index is 10.9. The molecule has 0 aliphatic carbocycles. The number of nitro groups is 1. The Balaban J connectivity index is 1.94. The molecule has 2 aliphatic rings. The van der Waals surface area contributed by atoms with Gasteiger partial charge in [0.05, 0.1) is 34.9 Å². The van der Waals surface area contributed by atoms with Gasteiger partial charge in [0, 0.05) is 6.07 Å². The van der Waals surface area contributed by atoms with Crippen molar-refractivity contribution in [3.63, 3.8) is 0 Å². The molecule has 3 heterocycles. The lowest BCUT2D eigenvalue weighted by molar-refractivity contribution is -0.384. The lowest BCUT2D eigenvalue weighted by atomic mass is 9.91. The lowest BCUT2D eigenvalue weighted by Crippen LogP contribution is -2.15. The van der Waals surface area contributed by atoms with E-state index in [2.05, 4.69) is 0 Å². The highest BCUT2D eigenvalue weighted by Gasteiger charge is 2.50. The van der Waals surface area contributed by atoms with Crippen LogP contribution in [0.5, 0.6) is 17.5 Å². The van der Waals surface area contributed by atoms with Crippen molar-refractivity contribution < 1.29 is 24.6 Å². The van der Waals surface area contributed by atoms with Crippen molar-refractivity contribution in [3.8, 4) is 23.2 Å². The molecule has 8 nitrogen and oxygen atoms in total. The zero-order valence-corrected chi connectivity index (χ0v) is 12.9. The molecule has 0 saturated carbocycles. The molecule has 2 bridgehead atoms. The summed E-state index contributed by atoms with van der Waals surface area (Å²) in [6.45, 7) is 1.80. The Morgan fingerprint density at radius 3 is 2.75 bits per heavy atom. The summed E-state index contributed by atoms with van der Waals surface area (Å²) in [7, 11) is 1.36. The van der Waals surface area contributed by atoms with Crippen LogP contribution in [-0.4, -0.2) is 26.8 Å². The predicted molar refractivity (Wildman–Crippen MR) is 82.6 cm³/mol. The van der Waals surface area contributed by atoms with Crippen molar-refractivity contribution >= 4 is 5.69 Å². The number of aromatic hydroxyl groups is 2. The average Bonchev–Trinajstić information content (AvgIpc) is 3.16. The second-order valence-electron chi connectivity index (χ2n) is 5.89. The van der Waals surface area contributed by atoms with Gasteiger partial charge in [0.1, 0.15) is 17.5 Å². The van der Waals surface area contributed by atoms with Crippen molar-refractivity contribution in [2.24, 2.45) is 0 Å². The van der Waals surface area contributed by atoms with Gasteiger partial charge < -0.3 is 19.7 Å². The van der Waals surface area contributed by atoms with Gasteiger partial charge in [-0.05, 0) is 19.1 Å². The summed E-state index contributed by atoms with van der Waals surface area (Å²) in [5, 5.41) is 32.2. The number of nitro benzene ring substituents is 1. The Labute approximate surface area is 136 Å². The summed E-state index contributed by atoms with van der Waals surface area (Å²) in [6.07, 6.45) is 3.22. The third kappa shape index (κ3) is 1.65. The van der Waals surface area contributed by atoms with Crippen LogP contribution in [0, 0.1) is 10.1 Å². The van der Waals surface area contributed by atoms with Crippen LogP contribution in [0.2, 0.25) is 0 Å². The van der Waals surface area contributed by atoms with Gasteiger partial charge in [-0.1, -0.05) is 6.08 Å². The topological polar surface area (TPSA) is 107 Å². The van der Waals surface area contributed by atoms with Crippen LogP contribution in [0.15, 0.2) is 30.4 Å². The van der Waals surface area contributed by atoms with Gasteiger partial charge in [-0.2, -0.15) is 0 Å². The largest absolute Gasteiger partial charge is 0.494 e. The fraction of sp³-hybridized carbons (Fsp3) is 0.250. The molecule has 2 atom stereocenters. The first kappa shape index (κ1) is 14.6. The Kier molecular flexibility index (Phi) is 2.74. The number of ether oxygens (including phenoxy) is 2. The van der Waals surface area contributed by atoms with Crippen LogP contribution in [-0.2, 0) is 10.3 Å². The number of fused-ring (bicyclic) bond motifs is 5. The van der Waals surface area contributed by atoms with E-state index in [9.17, 15) is 20.3 Å². The molecule has 1 aromatic heterocycles. The first-order valence-electron chi connectivity index (χ1n) is 7.24. The van der Waals surface area contributed by atoms with Gasteiger partial charge in [-0.25, -0.2) is 4.57 Å². The van der Waals surface area contributed by atoms with Gasteiger partial charge in [0.25, 0.3) is 5.69 Å². The molecule has 0 amide bonds. The van der Waals surface area contributed by atoms with E-state index < -0.39 is 16.6 Å². The first-order valence-corrected chi connectivity index (χ1v) is 7.24. The van der Waals surface area contributed by atoms with E-state index in [0.717, 1.165) is 0 Å². The van der Waals surface area contributed by atoms with Crippen LogP contribution in [0.1, 0.15) is 24.2 Å². The zero-order chi connectivity index (χ0) is 17.2. The molecule has 1 aromatic carbocycles. The molecular formula is C16H14N2O6. The molecule has 8 heteroatoms. The number of methoxy groups -OCH3 is 1. The number of hydrogen-bond donors (Lipinski definition) is 2. The van der Waals surface area contributed by atoms with Crippen molar-refractivity contribution in [3.05, 3.63) is 51.6 Å². The Hall–Kier alpha value is -3.00. The third-order valence-electron chi connectivity index (χ3n) is 4.51. The molecule has 2 unspecified atom stereocenters. The monoisotopic (exact) mass is 330 g/mol. The number of aromatic nitrogens is 1. The highest BCUT2D eigenvalue weighted by Crippen LogP contribution is 2.58. The van der Waals surface area contributed by atoms with Crippen molar-refractivity contribution in [2.45, 2.75) is 18.6 Å². The molecule has 2 N–H and O–H groups in total. The summed E-state index contributed by atoms with van der Waals surface area (Å²) in [6, 6.07) is 3.95. The third-order valence-corrected chi connectivity index (χ3v) is 4.51. The first-order chi connectivity index (χ1) is 11.4. The Bertz CT molecular complexity index is 916. The van der Waals surface area contributed by atoms with Crippen LogP contribution >= 0.6 is 0 Å². The Morgan fingerprint density at radius 1 is 1.38 bits per heavy atom. The molecule has 0 saturated heterocycles. The number of nitrogens with zero attached hydrogens (tertiary/aromatic N) is 2. The number of non-ortho nitro benzene ring substituents is 1. The molecule has 2 aliphatic heterocycles. The summed E-state index contributed by atoms with van der Waals surface area (Å²) >= 11 is 0. The fourth-order valence-electron chi connectivity index (χ4n) is 3.43. The smallest absolute Gasteiger partial charge is 0.273 e. The molecule has 4 rings (SSSR count). The SMILES string of the molecule is COc1cc([N+](=O)[O-])ccc1-n1c(O)c2c(c1O)C1(C)C=CC2O1. The highest BCUT2D eigenvalue weighted by atomic mass is 16.6. The van der Waals surface area contributed by atoms with E-state index in [1.807, 2.05) is 12.2 Å². The van der Waals surface area contributed by atoms with Crippen LogP contribution in [0.3, 0.4) is 0 Å². The Morgan fingerprint density at radius 2 is 2.12 bits per heavy atom. The van der Waals surface area contributed by atoms with E-state index in [4.69, 9.17) is 9.47 Å². The molecule has 0 fully saturated rings. The number of hydrogen-bond acceptors (Lipinski definition) is 6. The van der Waals surface area contributed by atoms with Gasteiger partial charge >= 0.3 is 0 Å². The summed E-state index contributed by atoms with van der Waals surface area (Å²) in [4.78, 5) is 10.4. The fourth-order valence-corrected chi connectivity index (χ4v) is 3.43. The minimum atomic E-state index is -0.805. The van der Waals surface area contributed by atoms with Gasteiger partial charge in [0.15, 0.2) is 0 Å². The zero-order valence-electron chi connectivity index (χ0n) is 12.9. The predicted octanol–water partition coefficient (Wildman–Crippen LogP) is 2.66. The molecule has 2 aromatic rings. The van der Waals surface area contributed by atoms with E-state index in [1.54, 1.807) is 6.92 Å². The molecule has 24 heavy (non-hydrogen) atoms. The summed E-state index contributed by atoms with van der Waals surface area (Å²) in [5.41, 5.74) is 0.341. The maximum Gasteiger partial charge on any atom is 0.273 e. The quantitative estimate of drug-likeness (QED) is 0.509. The summed E-state index contributed by atoms with van der Waals surface area (Å²) in [5.74, 6) is -0.188. The number of benzene rings is 1. The van der Waals surface area contributed by atoms with Crippen molar-refractivity contribution in [1.29, 1.82) is 0 Å². The second kappa shape index (κ2) is 4.51. The van der Waals surface area contributed by atoms with Crippen LogP contribution in [0.25, 0.3) is 5.69 Å². The van der Waals surface area contributed by atoms with Crippen LogP contribution < -0.4 is 4.74 Å². The molecule has 124 valence electrons. The number of rotatable bonds is 3. The van der Waals surface area contributed by atoms with Gasteiger partial charge in [-0.3, -0.25) is 10.1 Å². The van der Waals surface area contributed by atoms with E-state index in [1.165, 1.54) is 29.9 Å². The minimum Gasteiger partial charge on any atom is -0.494 e. The second-order valence-corrected chi connectivity index (χ2v) is 5.89. The molecular weight excluding hydrogens is 316 g/mol. The van der Waals surface area contributed by atoms with Gasteiger partial charge in [0.2, 0.25) is 11.8 Å². The van der Waals surface area contributed by atoms with E-state index >= 15 is 0 Å². The van der Waals surface area contributed by atoms with Crippen molar-refractivity contribution in [2.75, 3.05) is 7.11 Å². The normalized spacial score (nSPS) is 23.5. The van der Waals surface area contributed by atoms with E-state index in [0.29, 0.717) is 16.8 Å². The molecule has 0 spiro atoms. The molecule has 0 radical (unpaired) electrons. The minimum absolute atomic E-state index is 0.147. The summed E-state index contributed by atoms with van der Waals surface area (Å²) < 4.78 is 12.2. The highest BCUT2D eigenvalue weighted by molar-refractivity contribution is 5.65. The lowest BCUT2D eigenvalue weighted by Gasteiger charge is -2.18. The maximum absolute atomic E-state index is 10.9. The van der Waals surface area contributed by atoms with E-state index in [-0.39, 0.29) is 23.2 Å². The van der Waals surface area contributed by atoms with Gasteiger partial charge in [-0.15, -0.1) is 0 Å². The average molecular weight is 330 g/mol. The standard InChI is InChI=1S/C16H14N2O6/c1-16-6-5-10(24-16)12-13(16)15(20)17(14(12)19)9-4-3-8(18(21)22)7-11(9)23-2/h3-7,10,19-20H,1-2H3.